The van der Waals surface area contributed by atoms with Gasteiger partial charge in [-0.05, 0) is 68.2 Å². The van der Waals surface area contributed by atoms with Gasteiger partial charge in [0.2, 0.25) is 0 Å². The van der Waals surface area contributed by atoms with Crippen molar-refractivity contribution in [1.29, 1.82) is 0 Å². The van der Waals surface area contributed by atoms with Gasteiger partial charge in [-0.2, -0.15) is 13.9 Å². The van der Waals surface area contributed by atoms with E-state index in [4.69, 9.17) is 16.6 Å². The lowest BCUT2D eigenvalue weighted by molar-refractivity contribution is -0.0763. The van der Waals surface area contributed by atoms with E-state index in [-0.39, 0.29) is 17.7 Å². The minimum Gasteiger partial charge on any atom is -0.393 e. The largest absolute Gasteiger partial charge is 0.393 e. The van der Waals surface area contributed by atoms with E-state index in [0.717, 1.165) is 25.1 Å². The van der Waals surface area contributed by atoms with Crippen molar-refractivity contribution >= 4 is 34.3 Å². The topological polar surface area (TPSA) is 98.8 Å². The lowest BCUT2D eigenvalue weighted by Gasteiger charge is -2.40. The second kappa shape index (κ2) is 11.3. The van der Waals surface area contributed by atoms with Crippen molar-refractivity contribution in [3.8, 4) is 0 Å². The molecule has 4 aliphatic rings. The first-order valence-corrected chi connectivity index (χ1v) is 15.8. The Morgan fingerprint density at radius 1 is 1.19 bits per heavy atom. The second-order valence-electron chi connectivity index (χ2n) is 12.1. The summed E-state index contributed by atoms with van der Waals surface area (Å²) in [6.07, 6.45) is 6.90. The van der Waals surface area contributed by atoms with Crippen molar-refractivity contribution in [2.24, 2.45) is 22.7 Å². The molecule has 3 aromatic rings. The molecule has 6 atom stereocenters. The van der Waals surface area contributed by atoms with Crippen LogP contribution in [-0.2, 0) is 0 Å². The number of fused-ring (bicyclic) bond motifs is 3. The number of amidine groups is 1. The van der Waals surface area contributed by atoms with Crippen molar-refractivity contribution in [2.75, 3.05) is 19.7 Å². The van der Waals surface area contributed by atoms with Crippen LogP contribution >= 0.6 is 22.9 Å². The molecule has 2 saturated carbocycles. The first-order valence-electron chi connectivity index (χ1n) is 14.6. The number of nitrogens with zero attached hydrogens (tertiary/aromatic N) is 5. The van der Waals surface area contributed by atoms with Crippen molar-refractivity contribution in [2.45, 2.75) is 56.3 Å². The zero-order chi connectivity index (χ0) is 29.9. The van der Waals surface area contributed by atoms with Crippen molar-refractivity contribution in [1.82, 2.24) is 25.0 Å². The Morgan fingerprint density at radius 3 is 2.63 bits per heavy atom. The van der Waals surface area contributed by atoms with Crippen LogP contribution in [0.2, 0.25) is 5.02 Å². The number of hydrogen-bond acceptors (Lipinski definition) is 8. The van der Waals surface area contributed by atoms with E-state index in [0.29, 0.717) is 75.9 Å². The first-order chi connectivity index (χ1) is 20.7. The predicted octanol–water partition coefficient (Wildman–Crippen LogP) is 5.26. The molecule has 4 heterocycles. The molecule has 0 radical (unpaired) electrons. The number of rotatable bonds is 8. The SMILES string of the molecule is OCC1(O)CC2CC[C@@H](C1)C2CN[C@H]1CC2=C(c3ccn(C(F)F)n3)[C@H](c3ccc(F)cc3Cl)N=C(c3nccs3)N2C1. The lowest BCUT2D eigenvalue weighted by atomic mass is 9.71. The summed E-state index contributed by atoms with van der Waals surface area (Å²) in [6.45, 7) is -1.61. The number of nitrogens with one attached hydrogen (secondary N) is 1. The third-order valence-electron chi connectivity index (χ3n) is 9.56. The highest BCUT2D eigenvalue weighted by Gasteiger charge is 2.49. The van der Waals surface area contributed by atoms with Gasteiger partial charge in [-0.25, -0.2) is 14.1 Å². The van der Waals surface area contributed by atoms with Crippen LogP contribution in [-0.4, -0.2) is 67.1 Å². The average Bonchev–Trinajstić information content (AvgIpc) is 3.78. The number of aliphatic hydroxyl groups excluding tert-OH is 1. The zero-order valence-corrected chi connectivity index (χ0v) is 24.8. The van der Waals surface area contributed by atoms with Crippen LogP contribution in [0.25, 0.3) is 5.57 Å². The minimum absolute atomic E-state index is 0.0350. The van der Waals surface area contributed by atoms with Crippen molar-refractivity contribution in [3.05, 3.63) is 74.8 Å². The number of aliphatic imine (C=N–C) groups is 1. The Labute approximate surface area is 255 Å². The summed E-state index contributed by atoms with van der Waals surface area (Å²) < 4.78 is 41.9. The zero-order valence-electron chi connectivity index (χ0n) is 23.2. The summed E-state index contributed by atoms with van der Waals surface area (Å²) >= 11 is 8.02. The van der Waals surface area contributed by atoms with Gasteiger partial charge < -0.3 is 20.4 Å². The molecule has 3 unspecified atom stereocenters. The number of halogens is 4. The fourth-order valence-corrected chi connectivity index (χ4v) is 8.57. The third-order valence-corrected chi connectivity index (χ3v) is 10.7. The number of aromatic nitrogens is 3. The Bertz CT molecular complexity index is 1550. The van der Waals surface area contributed by atoms with Crippen LogP contribution in [0.4, 0.5) is 13.2 Å². The number of thiazole rings is 1. The minimum atomic E-state index is -2.80. The van der Waals surface area contributed by atoms with Gasteiger partial charge in [0.05, 0.1) is 17.9 Å². The summed E-state index contributed by atoms with van der Waals surface area (Å²) in [5, 5.41) is 31.3. The molecule has 43 heavy (non-hydrogen) atoms. The number of alkyl halides is 2. The number of benzene rings is 1. The molecule has 8 nitrogen and oxygen atoms in total. The highest BCUT2D eigenvalue weighted by atomic mass is 35.5. The van der Waals surface area contributed by atoms with Gasteiger partial charge >= 0.3 is 6.55 Å². The van der Waals surface area contributed by atoms with Gasteiger partial charge in [-0.1, -0.05) is 17.7 Å². The Morgan fingerprint density at radius 2 is 1.98 bits per heavy atom. The van der Waals surface area contributed by atoms with Gasteiger partial charge in [-0.3, -0.25) is 4.99 Å². The van der Waals surface area contributed by atoms with E-state index in [1.807, 2.05) is 5.38 Å². The predicted molar refractivity (Wildman–Crippen MR) is 157 cm³/mol. The maximum absolute atomic E-state index is 14.1. The molecule has 0 spiro atoms. The molecule has 2 aromatic heterocycles. The summed E-state index contributed by atoms with van der Waals surface area (Å²) in [7, 11) is 0. The van der Waals surface area contributed by atoms with Crippen LogP contribution < -0.4 is 5.32 Å². The van der Waals surface area contributed by atoms with Crippen LogP contribution in [0.1, 0.15) is 61.0 Å². The second-order valence-corrected chi connectivity index (χ2v) is 13.5. The normalized spacial score (nSPS) is 30.3. The molecule has 228 valence electrons. The van der Waals surface area contributed by atoms with E-state index in [9.17, 15) is 23.4 Å². The van der Waals surface area contributed by atoms with Crippen LogP contribution in [0, 0.1) is 23.6 Å². The average molecular weight is 633 g/mol. The molecule has 13 heteroatoms. The highest BCUT2D eigenvalue weighted by molar-refractivity contribution is 7.11. The van der Waals surface area contributed by atoms with Gasteiger partial charge in [0.1, 0.15) is 11.9 Å². The molecule has 1 saturated heterocycles. The molecule has 2 aliphatic heterocycles. The van der Waals surface area contributed by atoms with Gasteiger partial charge in [0.15, 0.2) is 10.8 Å². The lowest BCUT2D eigenvalue weighted by Crippen LogP contribution is -2.47. The fraction of sp³-hybridized carbons (Fsp3) is 0.500. The Balaban J connectivity index is 1.25. The molecule has 7 rings (SSSR count). The number of hydrogen-bond donors (Lipinski definition) is 3. The van der Waals surface area contributed by atoms with Gasteiger partial charge in [0.25, 0.3) is 0 Å². The monoisotopic (exact) mass is 632 g/mol. The van der Waals surface area contributed by atoms with Crippen molar-refractivity contribution < 1.29 is 23.4 Å². The molecule has 1 aromatic carbocycles. The van der Waals surface area contributed by atoms with Crippen molar-refractivity contribution in [3.63, 3.8) is 0 Å². The van der Waals surface area contributed by atoms with E-state index in [2.05, 4.69) is 20.3 Å². The Kier molecular flexibility index (Phi) is 7.61. The highest BCUT2D eigenvalue weighted by Crippen LogP contribution is 2.51. The van der Waals surface area contributed by atoms with Gasteiger partial charge in [-0.15, -0.1) is 11.3 Å². The summed E-state index contributed by atoms with van der Waals surface area (Å²) in [5.41, 5.74) is 1.49. The number of aliphatic hydroxyl groups is 2. The van der Waals surface area contributed by atoms with Crippen LogP contribution in [0.3, 0.4) is 0 Å². The maximum atomic E-state index is 14.1. The summed E-state index contributed by atoms with van der Waals surface area (Å²) in [6, 6.07) is 5.03. The molecule has 2 aliphatic carbocycles. The summed E-state index contributed by atoms with van der Waals surface area (Å²) in [5.74, 6) is 1.31. The molecule has 2 bridgehead atoms. The van der Waals surface area contributed by atoms with Gasteiger partial charge in [0, 0.05) is 58.6 Å². The standard InChI is InChI=1S/C30H32ClF3N6O2S/c31-22-9-18(32)3-4-20(22)26-25(23-5-7-40(38-23)29(33)34)24-10-19(14-39(24)27(37-26)28-35-6-8-43-28)36-13-21-16-1-2-17(21)12-30(42,11-16)15-41/h3-9,16-17,19,21,26,29,36,41-42H,1-2,10-15H2/t16-,17?,19-,21?,26-,30?/m0/s1. The molecule has 3 N–H and O–H groups in total. The molecule has 3 fully saturated rings. The van der Waals surface area contributed by atoms with E-state index >= 15 is 0 Å². The smallest absolute Gasteiger partial charge is 0.333 e. The van der Waals surface area contributed by atoms with Crippen LogP contribution in [0.15, 0.2) is 52.7 Å². The summed E-state index contributed by atoms with van der Waals surface area (Å²) in [4.78, 5) is 11.7. The molecular formula is C30H32ClF3N6O2S. The van der Waals surface area contributed by atoms with Crippen LogP contribution in [0.5, 0.6) is 0 Å². The Hall–Kier alpha value is -2.77. The quantitative estimate of drug-likeness (QED) is 0.313. The van der Waals surface area contributed by atoms with E-state index in [1.165, 1.54) is 29.7 Å². The first kappa shape index (κ1) is 29.0. The molecular weight excluding hydrogens is 601 g/mol. The third kappa shape index (κ3) is 5.31. The molecule has 0 amide bonds. The van der Waals surface area contributed by atoms with E-state index in [1.54, 1.807) is 18.3 Å². The van der Waals surface area contributed by atoms with E-state index < -0.39 is 24.0 Å². The fourth-order valence-electron chi connectivity index (χ4n) is 7.66. The maximum Gasteiger partial charge on any atom is 0.333 e.